The van der Waals surface area contributed by atoms with Crippen molar-refractivity contribution >= 4 is 40.6 Å². The summed E-state index contributed by atoms with van der Waals surface area (Å²) >= 11 is 7.35. The molecule has 0 fully saturated rings. The van der Waals surface area contributed by atoms with Gasteiger partial charge in [-0.1, -0.05) is 35.9 Å². The van der Waals surface area contributed by atoms with Gasteiger partial charge in [0.1, 0.15) is 18.2 Å². The number of hydrogen-bond donors (Lipinski definition) is 1. The summed E-state index contributed by atoms with van der Waals surface area (Å²) in [5, 5.41) is 11.6. The molecular formula is C20H14ClFO3S. The van der Waals surface area contributed by atoms with Gasteiger partial charge in [-0.3, -0.25) is 0 Å². The van der Waals surface area contributed by atoms with Crippen LogP contribution in [0.3, 0.4) is 0 Å². The monoisotopic (exact) mass is 388 g/mol. The van der Waals surface area contributed by atoms with Crippen LogP contribution in [0.15, 0.2) is 60.0 Å². The number of carboxylic acids is 1. The minimum Gasteiger partial charge on any atom is -0.489 e. The molecule has 0 bridgehead atoms. The van der Waals surface area contributed by atoms with E-state index in [0.717, 1.165) is 0 Å². The Hall–Kier alpha value is -2.63. The molecule has 1 heterocycles. The normalized spacial score (nSPS) is 11.4. The summed E-state index contributed by atoms with van der Waals surface area (Å²) in [5.41, 5.74) is 1.15. The lowest BCUT2D eigenvalue weighted by Crippen LogP contribution is -2.00. The predicted octanol–water partition coefficient (Wildman–Crippen LogP) is 5.74. The number of hydrogen-bond acceptors (Lipinski definition) is 3. The van der Waals surface area contributed by atoms with Gasteiger partial charge in [-0.25, -0.2) is 9.18 Å². The molecule has 3 nitrogen and oxygen atoms in total. The first kappa shape index (κ1) is 18.2. The van der Waals surface area contributed by atoms with E-state index in [1.54, 1.807) is 48.5 Å². The number of rotatable bonds is 6. The minimum absolute atomic E-state index is 0.0185. The molecule has 0 unspecified atom stereocenters. The maximum Gasteiger partial charge on any atom is 0.337 e. The van der Waals surface area contributed by atoms with Gasteiger partial charge >= 0.3 is 5.97 Å². The summed E-state index contributed by atoms with van der Waals surface area (Å²) in [6.45, 7) is -0.0185. The van der Waals surface area contributed by atoms with Gasteiger partial charge in [0.15, 0.2) is 0 Å². The Bertz CT molecular complexity index is 931. The minimum atomic E-state index is -1.00. The number of carboxylic acid groups (broad SMARTS) is 1. The number of carbonyl (C=O) groups is 1. The molecule has 6 heteroatoms. The van der Waals surface area contributed by atoms with E-state index >= 15 is 0 Å². The molecule has 0 aliphatic rings. The second-order valence-corrected chi connectivity index (χ2v) is 6.76. The Morgan fingerprint density at radius 3 is 2.69 bits per heavy atom. The van der Waals surface area contributed by atoms with E-state index in [2.05, 4.69) is 0 Å². The summed E-state index contributed by atoms with van der Waals surface area (Å²) in [5.74, 6) is -0.940. The van der Waals surface area contributed by atoms with Gasteiger partial charge in [-0.2, -0.15) is 0 Å². The van der Waals surface area contributed by atoms with Gasteiger partial charge in [0.2, 0.25) is 0 Å². The maximum atomic E-state index is 13.8. The van der Waals surface area contributed by atoms with Crippen LogP contribution >= 0.6 is 22.9 Å². The maximum absolute atomic E-state index is 13.8. The summed E-state index contributed by atoms with van der Waals surface area (Å²) in [4.78, 5) is 12.2. The molecule has 0 saturated heterocycles. The molecule has 3 rings (SSSR count). The summed E-state index contributed by atoms with van der Waals surface area (Å²) in [6, 6.07) is 15.0. The second-order valence-electron chi connectivity index (χ2n) is 5.40. The lowest BCUT2D eigenvalue weighted by atomic mass is 10.1. The van der Waals surface area contributed by atoms with Crippen molar-refractivity contribution in [2.45, 2.75) is 6.61 Å². The van der Waals surface area contributed by atoms with Gasteiger partial charge in [-0.15, -0.1) is 11.3 Å². The highest BCUT2D eigenvalue weighted by Crippen LogP contribution is 2.26. The number of aliphatic carboxylic acids is 1. The third-order valence-corrected chi connectivity index (χ3v) is 4.89. The zero-order valence-electron chi connectivity index (χ0n) is 13.5. The Morgan fingerprint density at radius 1 is 1.19 bits per heavy atom. The van der Waals surface area contributed by atoms with E-state index in [1.807, 2.05) is 5.38 Å². The fourth-order valence-corrected chi connectivity index (χ4v) is 3.31. The first-order chi connectivity index (χ1) is 12.5. The van der Waals surface area contributed by atoms with Crippen LogP contribution in [0.5, 0.6) is 5.75 Å². The molecule has 0 amide bonds. The quantitative estimate of drug-likeness (QED) is 0.547. The summed E-state index contributed by atoms with van der Waals surface area (Å²) in [7, 11) is 0. The molecule has 26 heavy (non-hydrogen) atoms. The van der Waals surface area contributed by atoms with Gasteiger partial charge < -0.3 is 9.84 Å². The fourth-order valence-electron chi connectivity index (χ4n) is 2.36. The van der Waals surface area contributed by atoms with Crippen LogP contribution in [0.4, 0.5) is 4.39 Å². The molecule has 0 spiro atoms. The van der Waals surface area contributed by atoms with Gasteiger partial charge in [0.25, 0.3) is 0 Å². The second kappa shape index (κ2) is 8.17. The van der Waals surface area contributed by atoms with Crippen molar-refractivity contribution in [3.63, 3.8) is 0 Å². The van der Waals surface area contributed by atoms with Crippen molar-refractivity contribution in [3.05, 3.63) is 86.8 Å². The topological polar surface area (TPSA) is 46.5 Å². The average molecular weight is 389 g/mol. The molecule has 0 aliphatic heterocycles. The zero-order valence-corrected chi connectivity index (χ0v) is 15.1. The first-order valence-electron chi connectivity index (χ1n) is 7.69. The largest absolute Gasteiger partial charge is 0.489 e. The van der Waals surface area contributed by atoms with Crippen molar-refractivity contribution < 1.29 is 19.0 Å². The Balaban J connectivity index is 1.82. The Labute approximate surface area is 158 Å². The Morgan fingerprint density at radius 2 is 2.00 bits per heavy atom. The number of halogens is 2. The number of thiophene rings is 1. The first-order valence-corrected chi connectivity index (χ1v) is 8.95. The highest BCUT2D eigenvalue weighted by Gasteiger charge is 2.12. The van der Waals surface area contributed by atoms with E-state index in [9.17, 15) is 14.3 Å². The van der Waals surface area contributed by atoms with Crippen LogP contribution in [0, 0.1) is 5.82 Å². The van der Waals surface area contributed by atoms with Crippen molar-refractivity contribution in [2.24, 2.45) is 0 Å². The summed E-state index contributed by atoms with van der Waals surface area (Å²) < 4.78 is 19.4. The van der Waals surface area contributed by atoms with Crippen LogP contribution in [0.25, 0.3) is 11.6 Å². The lowest BCUT2D eigenvalue weighted by Gasteiger charge is -2.09. The molecule has 0 radical (unpaired) electrons. The van der Waals surface area contributed by atoms with Gasteiger partial charge in [0, 0.05) is 10.4 Å². The van der Waals surface area contributed by atoms with E-state index in [0.29, 0.717) is 21.2 Å². The van der Waals surface area contributed by atoms with E-state index < -0.39 is 11.8 Å². The highest BCUT2D eigenvalue weighted by atomic mass is 35.5. The van der Waals surface area contributed by atoms with Crippen LogP contribution in [0.2, 0.25) is 5.02 Å². The fraction of sp³-hybridized carbons (Fsp3) is 0.0500. The van der Waals surface area contributed by atoms with E-state index in [-0.39, 0.29) is 17.7 Å². The van der Waals surface area contributed by atoms with Crippen LogP contribution in [0.1, 0.15) is 16.0 Å². The molecule has 1 aromatic heterocycles. The molecular weight excluding hydrogens is 375 g/mol. The highest BCUT2D eigenvalue weighted by molar-refractivity contribution is 7.11. The van der Waals surface area contributed by atoms with Crippen molar-refractivity contribution in [2.75, 3.05) is 0 Å². The predicted molar refractivity (Wildman–Crippen MR) is 102 cm³/mol. The van der Waals surface area contributed by atoms with Crippen molar-refractivity contribution in [3.8, 4) is 5.75 Å². The molecule has 3 aromatic rings. The number of ether oxygens (including phenoxy) is 1. The van der Waals surface area contributed by atoms with Crippen molar-refractivity contribution in [1.29, 1.82) is 0 Å². The molecule has 0 aliphatic carbocycles. The lowest BCUT2D eigenvalue weighted by molar-refractivity contribution is -0.130. The zero-order chi connectivity index (χ0) is 18.5. The SMILES string of the molecule is O=C(O)/C(=C\c1cccc(OCc2c(F)cccc2Cl)c1)c1cccs1. The van der Waals surface area contributed by atoms with Gasteiger partial charge in [-0.05, 0) is 47.4 Å². The van der Waals surface area contributed by atoms with Crippen LogP contribution in [-0.2, 0) is 11.4 Å². The number of benzene rings is 2. The molecule has 132 valence electrons. The van der Waals surface area contributed by atoms with E-state index in [1.165, 1.54) is 23.5 Å². The van der Waals surface area contributed by atoms with Crippen LogP contribution < -0.4 is 4.74 Å². The third-order valence-electron chi connectivity index (χ3n) is 3.63. The molecule has 0 atom stereocenters. The third kappa shape index (κ3) is 4.31. The smallest absolute Gasteiger partial charge is 0.337 e. The van der Waals surface area contributed by atoms with Crippen LogP contribution in [-0.4, -0.2) is 11.1 Å². The van der Waals surface area contributed by atoms with E-state index in [4.69, 9.17) is 16.3 Å². The standard InChI is InChI=1S/C20H14ClFO3S/c21-17-6-2-7-18(22)16(17)12-25-14-5-1-4-13(10-14)11-15(20(23)24)19-8-3-9-26-19/h1-11H,12H2,(H,23,24)/b15-11-. The van der Waals surface area contributed by atoms with Gasteiger partial charge in [0.05, 0.1) is 10.6 Å². The van der Waals surface area contributed by atoms with Crippen molar-refractivity contribution in [1.82, 2.24) is 0 Å². The molecule has 0 saturated carbocycles. The average Bonchev–Trinajstić information content (AvgIpc) is 3.13. The Kier molecular flexibility index (Phi) is 5.71. The molecule has 2 aromatic carbocycles. The molecule has 1 N–H and O–H groups in total. The summed E-state index contributed by atoms with van der Waals surface area (Å²) in [6.07, 6.45) is 1.58.